The Morgan fingerprint density at radius 1 is 1.24 bits per heavy atom. The molecule has 2 N–H and O–H groups in total. The van der Waals surface area contributed by atoms with Gasteiger partial charge in [-0.1, -0.05) is 26.0 Å². The zero-order chi connectivity index (χ0) is 24.9. The van der Waals surface area contributed by atoms with Gasteiger partial charge in [-0.25, -0.2) is 13.6 Å². The van der Waals surface area contributed by atoms with E-state index in [9.17, 15) is 28.0 Å². The highest BCUT2D eigenvalue weighted by Crippen LogP contribution is 2.25. The van der Waals surface area contributed by atoms with Crippen LogP contribution in [0, 0.1) is 17.6 Å². The molecule has 0 unspecified atom stereocenters. The predicted octanol–water partition coefficient (Wildman–Crippen LogP) is 2.05. The van der Waals surface area contributed by atoms with Crippen LogP contribution >= 0.6 is 0 Å². The summed E-state index contributed by atoms with van der Waals surface area (Å²) in [6, 6.07) is 2.31. The molecule has 0 saturated carbocycles. The van der Waals surface area contributed by atoms with Crippen LogP contribution in [0.25, 0.3) is 0 Å². The molecule has 10 heteroatoms. The van der Waals surface area contributed by atoms with E-state index in [1.807, 2.05) is 0 Å². The Hall–Kier alpha value is -3.04. The lowest BCUT2D eigenvalue weighted by Gasteiger charge is -2.29. The maximum absolute atomic E-state index is 14.1. The molecule has 0 bridgehead atoms. The maximum atomic E-state index is 14.1. The van der Waals surface area contributed by atoms with Crippen molar-refractivity contribution >= 4 is 23.7 Å². The summed E-state index contributed by atoms with van der Waals surface area (Å²) in [5.41, 5.74) is -1.26. The van der Waals surface area contributed by atoms with Gasteiger partial charge in [0.2, 0.25) is 17.7 Å². The van der Waals surface area contributed by atoms with E-state index in [4.69, 9.17) is 0 Å². The number of nitrogens with zero attached hydrogens (tertiary/aromatic N) is 1. The highest BCUT2D eigenvalue weighted by atomic mass is 19.2. The smallest absolute Gasteiger partial charge is 0.330 e. The molecule has 3 amide bonds. The normalized spacial score (nSPS) is 17.2. The first kappa shape index (κ1) is 26.2. The van der Waals surface area contributed by atoms with Gasteiger partial charge in [-0.15, -0.1) is 0 Å². The third-order valence-electron chi connectivity index (χ3n) is 5.64. The summed E-state index contributed by atoms with van der Waals surface area (Å²) in [6.45, 7) is 6.32. The van der Waals surface area contributed by atoms with Crippen LogP contribution in [0.5, 0.6) is 0 Å². The Morgan fingerprint density at radius 2 is 1.91 bits per heavy atom. The average molecular weight is 468 g/mol. The zero-order valence-corrected chi connectivity index (χ0v) is 19.5. The van der Waals surface area contributed by atoms with Crippen LogP contribution < -0.4 is 10.6 Å². The number of esters is 1. The SMILES string of the molecule is COC(=O)C(C)(C)NC(=O)[C@@H](NC(=O)C[C@@H]1CCC(=O)N1Cc1cccc(F)c1F)C(C)C. The Labute approximate surface area is 192 Å². The third kappa shape index (κ3) is 6.49. The number of carbonyl (C=O) groups excluding carboxylic acids is 4. The molecule has 182 valence electrons. The number of carbonyl (C=O) groups is 4. The second-order valence-corrected chi connectivity index (χ2v) is 9.03. The summed E-state index contributed by atoms with van der Waals surface area (Å²) < 4.78 is 32.3. The number of ether oxygens (including phenoxy) is 1. The Bertz CT molecular complexity index is 919. The summed E-state index contributed by atoms with van der Waals surface area (Å²) in [6.07, 6.45) is 0.479. The molecule has 1 aromatic carbocycles. The van der Waals surface area contributed by atoms with Gasteiger partial charge in [0.1, 0.15) is 11.6 Å². The average Bonchev–Trinajstić information content (AvgIpc) is 3.07. The first-order chi connectivity index (χ1) is 15.4. The van der Waals surface area contributed by atoms with E-state index in [1.54, 1.807) is 13.8 Å². The fourth-order valence-corrected chi connectivity index (χ4v) is 3.75. The standard InChI is InChI=1S/C23H31F2N3O5/c1-13(2)20(21(31)27-23(3,4)22(32)33-5)26-17(29)11-15-9-10-18(30)28(15)12-14-7-6-8-16(24)19(14)25/h6-8,13,15,20H,9-12H2,1-5H3,(H,26,29)(H,27,31)/t15-,20-/m0/s1. The van der Waals surface area contributed by atoms with Crippen molar-refractivity contribution in [2.24, 2.45) is 5.92 Å². The van der Waals surface area contributed by atoms with Crippen molar-refractivity contribution in [3.63, 3.8) is 0 Å². The molecule has 2 atom stereocenters. The molecule has 33 heavy (non-hydrogen) atoms. The molecular weight excluding hydrogens is 436 g/mol. The molecule has 1 saturated heterocycles. The lowest BCUT2D eigenvalue weighted by molar-refractivity contribution is -0.149. The largest absolute Gasteiger partial charge is 0.467 e. The first-order valence-electron chi connectivity index (χ1n) is 10.8. The summed E-state index contributed by atoms with van der Waals surface area (Å²) in [7, 11) is 1.21. The minimum atomic E-state index is -1.28. The first-order valence-corrected chi connectivity index (χ1v) is 10.8. The summed E-state index contributed by atoms with van der Waals surface area (Å²) >= 11 is 0. The second-order valence-electron chi connectivity index (χ2n) is 9.03. The van der Waals surface area contributed by atoms with Gasteiger partial charge >= 0.3 is 5.97 Å². The molecule has 0 spiro atoms. The van der Waals surface area contributed by atoms with Gasteiger partial charge in [0.05, 0.1) is 7.11 Å². The van der Waals surface area contributed by atoms with Crippen molar-refractivity contribution in [2.45, 2.75) is 71.1 Å². The number of rotatable bonds is 9. The number of methoxy groups -OCH3 is 1. The lowest BCUT2D eigenvalue weighted by atomic mass is 9.99. The van der Waals surface area contributed by atoms with Gasteiger partial charge in [-0.3, -0.25) is 14.4 Å². The Kier molecular flexibility index (Phi) is 8.51. The molecule has 0 radical (unpaired) electrons. The van der Waals surface area contributed by atoms with E-state index in [0.717, 1.165) is 6.07 Å². The monoisotopic (exact) mass is 467 g/mol. The number of halogens is 2. The van der Waals surface area contributed by atoms with Crippen LogP contribution in [-0.4, -0.2) is 53.3 Å². The van der Waals surface area contributed by atoms with E-state index < -0.39 is 47.0 Å². The van der Waals surface area contributed by atoms with Crippen molar-refractivity contribution in [1.29, 1.82) is 0 Å². The molecule has 8 nitrogen and oxygen atoms in total. The van der Waals surface area contributed by atoms with Gasteiger partial charge in [0.15, 0.2) is 11.6 Å². The van der Waals surface area contributed by atoms with Crippen molar-refractivity contribution in [3.05, 3.63) is 35.4 Å². The molecule has 1 heterocycles. The molecule has 0 aliphatic carbocycles. The number of amides is 3. The van der Waals surface area contributed by atoms with Crippen molar-refractivity contribution in [1.82, 2.24) is 15.5 Å². The van der Waals surface area contributed by atoms with Crippen LogP contribution in [0.3, 0.4) is 0 Å². The quantitative estimate of drug-likeness (QED) is 0.541. The number of hydrogen-bond acceptors (Lipinski definition) is 5. The number of hydrogen-bond donors (Lipinski definition) is 2. The molecule has 2 rings (SSSR count). The molecular formula is C23H31F2N3O5. The topological polar surface area (TPSA) is 105 Å². The second kappa shape index (κ2) is 10.7. The van der Waals surface area contributed by atoms with Crippen molar-refractivity contribution in [2.75, 3.05) is 7.11 Å². The minimum absolute atomic E-state index is 0.0279. The minimum Gasteiger partial charge on any atom is -0.467 e. The van der Waals surface area contributed by atoms with E-state index in [1.165, 1.54) is 38.0 Å². The van der Waals surface area contributed by atoms with E-state index in [-0.39, 0.29) is 36.8 Å². The molecule has 1 aliphatic rings. The highest BCUT2D eigenvalue weighted by molar-refractivity contribution is 5.92. The van der Waals surface area contributed by atoms with Crippen LogP contribution in [0.15, 0.2) is 18.2 Å². The fourth-order valence-electron chi connectivity index (χ4n) is 3.75. The molecule has 1 fully saturated rings. The van der Waals surface area contributed by atoms with Crippen LogP contribution in [0.1, 0.15) is 52.5 Å². The van der Waals surface area contributed by atoms with E-state index >= 15 is 0 Å². The van der Waals surface area contributed by atoms with Gasteiger partial charge in [0.25, 0.3) is 0 Å². The third-order valence-corrected chi connectivity index (χ3v) is 5.64. The molecule has 0 aromatic heterocycles. The Morgan fingerprint density at radius 3 is 2.52 bits per heavy atom. The lowest BCUT2D eigenvalue weighted by Crippen LogP contribution is -2.58. The number of benzene rings is 1. The van der Waals surface area contributed by atoms with Crippen LogP contribution in [0.2, 0.25) is 0 Å². The summed E-state index contributed by atoms with van der Waals surface area (Å²) in [5, 5.41) is 5.24. The number of nitrogens with one attached hydrogen (secondary N) is 2. The van der Waals surface area contributed by atoms with E-state index in [2.05, 4.69) is 15.4 Å². The van der Waals surface area contributed by atoms with Gasteiger partial charge in [0, 0.05) is 31.0 Å². The van der Waals surface area contributed by atoms with Gasteiger partial charge in [-0.05, 0) is 32.3 Å². The Balaban J connectivity index is 2.06. The van der Waals surface area contributed by atoms with Crippen molar-refractivity contribution in [3.8, 4) is 0 Å². The molecule has 1 aromatic rings. The van der Waals surface area contributed by atoms with Crippen molar-refractivity contribution < 1.29 is 32.7 Å². The van der Waals surface area contributed by atoms with Crippen LogP contribution in [-0.2, 0) is 30.5 Å². The number of likely N-dealkylation sites (tertiary alicyclic amines) is 1. The summed E-state index contributed by atoms with van der Waals surface area (Å²) in [4.78, 5) is 51.0. The zero-order valence-electron chi connectivity index (χ0n) is 19.5. The van der Waals surface area contributed by atoms with Gasteiger partial charge in [-0.2, -0.15) is 0 Å². The summed E-state index contributed by atoms with van der Waals surface area (Å²) in [5.74, 6) is -4.22. The highest BCUT2D eigenvalue weighted by Gasteiger charge is 2.36. The van der Waals surface area contributed by atoms with Gasteiger partial charge < -0.3 is 20.3 Å². The molecule has 1 aliphatic heterocycles. The van der Waals surface area contributed by atoms with Crippen LogP contribution in [0.4, 0.5) is 8.78 Å². The predicted molar refractivity (Wildman–Crippen MR) is 116 cm³/mol. The fraction of sp³-hybridized carbons (Fsp3) is 0.565. The maximum Gasteiger partial charge on any atom is 0.330 e. The van der Waals surface area contributed by atoms with E-state index in [0.29, 0.717) is 6.42 Å².